The van der Waals surface area contributed by atoms with Gasteiger partial charge in [0.25, 0.3) is 5.69 Å². The molecule has 2 rings (SSSR count). The first-order valence-corrected chi connectivity index (χ1v) is 7.74. The zero-order chi connectivity index (χ0) is 17.9. The van der Waals surface area contributed by atoms with Crippen molar-refractivity contribution in [3.8, 4) is 5.75 Å². The molecule has 0 saturated carbocycles. The minimum absolute atomic E-state index is 0.0377. The monoisotopic (exact) mass is 350 g/mol. The van der Waals surface area contributed by atoms with Gasteiger partial charge in [0.1, 0.15) is 5.75 Å². The van der Waals surface area contributed by atoms with Crippen LogP contribution in [0.4, 0.5) is 5.69 Å². The maximum absolute atomic E-state index is 11.1. The van der Waals surface area contributed by atoms with Gasteiger partial charge in [-0.15, -0.1) is 0 Å². The van der Waals surface area contributed by atoms with Crippen molar-refractivity contribution in [1.82, 2.24) is 4.90 Å². The van der Waals surface area contributed by atoms with Crippen LogP contribution in [-0.2, 0) is 6.54 Å². The number of benzene rings is 2. The van der Waals surface area contributed by atoms with Crippen LogP contribution in [-0.4, -0.2) is 33.6 Å². The number of hydrogen-bond acceptors (Lipinski definition) is 5. The summed E-state index contributed by atoms with van der Waals surface area (Å²) in [5, 5.41) is 31.3. The summed E-state index contributed by atoms with van der Waals surface area (Å²) in [6, 6.07) is 9.47. The molecule has 6 nitrogen and oxygen atoms in total. The van der Waals surface area contributed by atoms with E-state index >= 15 is 0 Å². The Morgan fingerprint density at radius 2 is 2.00 bits per heavy atom. The first kappa shape index (κ1) is 18.2. The molecule has 2 aromatic rings. The average Bonchev–Trinajstić information content (AvgIpc) is 2.51. The molecule has 0 bridgehead atoms. The van der Waals surface area contributed by atoms with Crippen molar-refractivity contribution in [2.24, 2.45) is 0 Å². The predicted molar refractivity (Wildman–Crippen MR) is 92.2 cm³/mol. The molecule has 128 valence electrons. The number of aliphatic hydroxyl groups is 1. The Morgan fingerprint density at radius 3 is 2.62 bits per heavy atom. The standard InChI is InChI=1S/C17H19ClN2O4/c1-11-7-12(4-6-16(11)21)17(22)10-19(2)9-13-3-5-14(18)8-15(13)20(23)24/h3-8,17,21-22H,9-10H2,1-2H3. The summed E-state index contributed by atoms with van der Waals surface area (Å²) in [4.78, 5) is 12.5. The molecular formula is C17H19ClN2O4. The number of aromatic hydroxyl groups is 1. The quantitative estimate of drug-likeness (QED) is 0.615. The Bertz CT molecular complexity index is 751. The molecule has 0 fully saturated rings. The molecule has 1 atom stereocenters. The molecule has 0 radical (unpaired) electrons. The first-order valence-electron chi connectivity index (χ1n) is 7.37. The molecule has 24 heavy (non-hydrogen) atoms. The molecule has 7 heteroatoms. The highest BCUT2D eigenvalue weighted by atomic mass is 35.5. The summed E-state index contributed by atoms with van der Waals surface area (Å²) in [6.45, 7) is 2.36. The van der Waals surface area contributed by atoms with E-state index in [0.717, 1.165) is 0 Å². The van der Waals surface area contributed by atoms with E-state index in [1.54, 1.807) is 43.1 Å². The molecule has 0 amide bonds. The predicted octanol–water partition coefficient (Wildman–Crippen LogP) is 3.43. The minimum Gasteiger partial charge on any atom is -0.508 e. The van der Waals surface area contributed by atoms with Gasteiger partial charge in [-0.1, -0.05) is 17.7 Å². The summed E-state index contributed by atoms with van der Waals surface area (Å²) < 4.78 is 0. The highest BCUT2D eigenvalue weighted by Gasteiger charge is 2.18. The number of rotatable bonds is 6. The van der Waals surface area contributed by atoms with E-state index in [1.807, 2.05) is 0 Å². The summed E-state index contributed by atoms with van der Waals surface area (Å²) in [5.74, 6) is 0.177. The van der Waals surface area contributed by atoms with Gasteiger partial charge in [-0.3, -0.25) is 15.0 Å². The fourth-order valence-electron chi connectivity index (χ4n) is 2.48. The van der Waals surface area contributed by atoms with Crippen LogP contribution >= 0.6 is 11.6 Å². The lowest BCUT2D eigenvalue weighted by Crippen LogP contribution is -2.24. The number of aliphatic hydroxyl groups excluding tert-OH is 1. The number of aryl methyl sites for hydroxylation is 1. The van der Waals surface area contributed by atoms with Crippen molar-refractivity contribution >= 4 is 17.3 Å². The van der Waals surface area contributed by atoms with Gasteiger partial charge in [0.15, 0.2) is 0 Å². The average molecular weight is 351 g/mol. The van der Waals surface area contributed by atoms with Crippen LogP contribution in [0.3, 0.4) is 0 Å². The van der Waals surface area contributed by atoms with Crippen molar-refractivity contribution in [1.29, 1.82) is 0 Å². The second kappa shape index (κ2) is 7.61. The highest BCUT2D eigenvalue weighted by Crippen LogP contribution is 2.26. The molecule has 0 spiro atoms. The number of likely N-dealkylation sites (N-methyl/N-ethyl adjacent to an activating group) is 1. The normalized spacial score (nSPS) is 12.4. The van der Waals surface area contributed by atoms with Gasteiger partial charge >= 0.3 is 0 Å². The SMILES string of the molecule is Cc1cc(C(O)CN(C)Cc2ccc(Cl)cc2[N+](=O)[O-])ccc1O. The van der Waals surface area contributed by atoms with E-state index in [2.05, 4.69) is 0 Å². The lowest BCUT2D eigenvalue weighted by Gasteiger charge is -2.21. The van der Waals surface area contributed by atoms with Crippen LogP contribution in [0.25, 0.3) is 0 Å². The number of nitrogens with zero attached hydrogens (tertiary/aromatic N) is 2. The number of nitro groups is 1. The third kappa shape index (κ3) is 4.44. The number of halogens is 1. The summed E-state index contributed by atoms with van der Waals surface area (Å²) >= 11 is 5.81. The molecule has 0 aliphatic heterocycles. The molecule has 2 N–H and O–H groups in total. The number of hydrogen-bond donors (Lipinski definition) is 2. The largest absolute Gasteiger partial charge is 0.508 e. The fourth-order valence-corrected chi connectivity index (χ4v) is 2.65. The van der Waals surface area contributed by atoms with E-state index in [9.17, 15) is 20.3 Å². The van der Waals surface area contributed by atoms with Crippen molar-refractivity contribution in [3.63, 3.8) is 0 Å². The van der Waals surface area contributed by atoms with Gasteiger partial charge in [-0.05, 0) is 49.4 Å². The van der Waals surface area contributed by atoms with Gasteiger partial charge in [0.05, 0.1) is 11.0 Å². The van der Waals surface area contributed by atoms with Crippen LogP contribution in [0, 0.1) is 17.0 Å². The van der Waals surface area contributed by atoms with E-state index in [-0.39, 0.29) is 11.4 Å². The van der Waals surface area contributed by atoms with E-state index in [1.165, 1.54) is 12.1 Å². The highest BCUT2D eigenvalue weighted by molar-refractivity contribution is 6.30. The van der Waals surface area contributed by atoms with E-state index in [4.69, 9.17) is 11.6 Å². The maximum atomic E-state index is 11.1. The molecule has 0 saturated heterocycles. The van der Waals surface area contributed by atoms with E-state index < -0.39 is 11.0 Å². The van der Waals surface area contributed by atoms with Gasteiger partial charge < -0.3 is 10.2 Å². The Kier molecular flexibility index (Phi) is 5.77. The molecule has 1 unspecified atom stereocenters. The second-order valence-corrected chi connectivity index (χ2v) is 6.23. The van der Waals surface area contributed by atoms with Gasteiger partial charge in [0, 0.05) is 29.7 Å². The van der Waals surface area contributed by atoms with Crippen molar-refractivity contribution < 1.29 is 15.1 Å². The Hall–Kier alpha value is -2.15. The van der Waals surface area contributed by atoms with Crippen LogP contribution in [0.15, 0.2) is 36.4 Å². The molecule has 0 heterocycles. The number of nitro benzene ring substituents is 1. The minimum atomic E-state index is -0.763. The first-order chi connectivity index (χ1) is 11.3. The van der Waals surface area contributed by atoms with Gasteiger partial charge in [0.2, 0.25) is 0 Å². The Balaban J connectivity index is 2.09. The molecule has 0 aliphatic carbocycles. The van der Waals surface area contributed by atoms with E-state index in [0.29, 0.717) is 34.8 Å². The van der Waals surface area contributed by atoms with Gasteiger partial charge in [-0.25, -0.2) is 0 Å². The van der Waals surface area contributed by atoms with Crippen LogP contribution in [0.5, 0.6) is 5.75 Å². The topological polar surface area (TPSA) is 86.8 Å². The lowest BCUT2D eigenvalue weighted by atomic mass is 10.1. The van der Waals surface area contributed by atoms with Crippen molar-refractivity contribution in [2.45, 2.75) is 19.6 Å². The van der Waals surface area contributed by atoms with Crippen molar-refractivity contribution in [2.75, 3.05) is 13.6 Å². The second-order valence-electron chi connectivity index (χ2n) is 5.79. The number of phenols is 1. The molecule has 0 aromatic heterocycles. The third-order valence-corrected chi connectivity index (χ3v) is 4.01. The van der Waals surface area contributed by atoms with Crippen LogP contribution < -0.4 is 0 Å². The molecule has 2 aromatic carbocycles. The van der Waals surface area contributed by atoms with Crippen LogP contribution in [0.1, 0.15) is 22.8 Å². The molecular weight excluding hydrogens is 332 g/mol. The summed E-state index contributed by atoms with van der Waals surface area (Å²) in [7, 11) is 1.77. The van der Waals surface area contributed by atoms with Gasteiger partial charge in [-0.2, -0.15) is 0 Å². The maximum Gasteiger partial charge on any atom is 0.275 e. The zero-order valence-corrected chi connectivity index (χ0v) is 14.2. The summed E-state index contributed by atoms with van der Waals surface area (Å²) in [6.07, 6.45) is -0.763. The third-order valence-electron chi connectivity index (χ3n) is 3.77. The Morgan fingerprint density at radius 1 is 1.29 bits per heavy atom. The number of phenolic OH excluding ortho intramolecular Hbond substituents is 1. The van der Waals surface area contributed by atoms with Crippen LogP contribution in [0.2, 0.25) is 5.02 Å². The van der Waals surface area contributed by atoms with Crippen molar-refractivity contribution in [3.05, 3.63) is 68.2 Å². The zero-order valence-electron chi connectivity index (χ0n) is 13.4. The lowest BCUT2D eigenvalue weighted by molar-refractivity contribution is -0.385. The molecule has 0 aliphatic rings. The fraction of sp³-hybridized carbons (Fsp3) is 0.294. The summed E-state index contributed by atoms with van der Waals surface area (Å²) in [5.41, 5.74) is 1.86. The Labute approximate surface area is 145 Å². The smallest absolute Gasteiger partial charge is 0.275 e.